The Bertz CT molecular complexity index is 916. The molecule has 0 unspecified atom stereocenters. The van der Waals surface area contributed by atoms with E-state index >= 15 is 0 Å². The van der Waals surface area contributed by atoms with Crippen LogP contribution in [-0.4, -0.2) is 47.2 Å². The van der Waals surface area contributed by atoms with Crippen molar-refractivity contribution in [3.8, 4) is 0 Å². The zero-order valence-electron chi connectivity index (χ0n) is 15.2. The summed E-state index contributed by atoms with van der Waals surface area (Å²) in [4.78, 5) is 36.5. The minimum atomic E-state index is -4.03. The summed E-state index contributed by atoms with van der Waals surface area (Å²) in [6.45, 7) is 3.18. The predicted molar refractivity (Wildman–Crippen MR) is 95.9 cm³/mol. The van der Waals surface area contributed by atoms with Crippen LogP contribution in [-0.2, 0) is 14.8 Å². The predicted octanol–water partition coefficient (Wildman–Crippen LogP) is 1.76. The molecular formula is C18H22N2O6S. The molecule has 0 atom stereocenters. The molecule has 0 bridgehead atoms. The first-order valence-electron chi connectivity index (χ1n) is 8.89. The van der Waals surface area contributed by atoms with Gasteiger partial charge in [-0.3, -0.25) is 9.59 Å². The average Bonchev–Trinajstić information content (AvgIpc) is 2.81. The third-order valence-corrected chi connectivity index (χ3v) is 7.15. The van der Waals surface area contributed by atoms with Crippen molar-refractivity contribution in [3.05, 3.63) is 29.3 Å². The van der Waals surface area contributed by atoms with E-state index in [1.807, 2.05) is 0 Å². The molecule has 8 nitrogen and oxygen atoms in total. The second-order valence-electron chi connectivity index (χ2n) is 7.31. The maximum absolute atomic E-state index is 12.7. The third kappa shape index (κ3) is 3.09. The summed E-state index contributed by atoms with van der Waals surface area (Å²) < 4.78 is 26.1. The maximum Gasteiger partial charge on any atom is 0.329 e. The van der Waals surface area contributed by atoms with Crippen LogP contribution in [0.5, 0.6) is 0 Å². The highest BCUT2D eigenvalue weighted by Crippen LogP contribution is 2.33. The Morgan fingerprint density at radius 2 is 1.81 bits per heavy atom. The quantitative estimate of drug-likeness (QED) is 0.803. The average molecular weight is 394 g/mol. The zero-order valence-corrected chi connectivity index (χ0v) is 16.0. The molecule has 1 heterocycles. The van der Waals surface area contributed by atoms with Gasteiger partial charge in [-0.05, 0) is 44.9 Å². The number of nitrogens with one attached hydrogen (secondary N) is 1. The van der Waals surface area contributed by atoms with E-state index in [0.717, 1.165) is 16.8 Å². The van der Waals surface area contributed by atoms with Gasteiger partial charge in [0.2, 0.25) is 0 Å². The maximum atomic E-state index is 12.7. The van der Waals surface area contributed by atoms with Crippen LogP contribution in [0.2, 0.25) is 0 Å². The molecule has 1 saturated carbocycles. The molecule has 0 saturated heterocycles. The topological polar surface area (TPSA) is 121 Å². The Labute approximate surface area is 157 Å². The van der Waals surface area contributed by atoms with Gasteiger partial charge in [0.1, 0.15) is 10.4 Å². The number of fused-ring (bicyclic) bond motifs is 1. The van der Waals surface area contributed by atoms with Crippen molar-refractivity contribution in [2.45, 2.75) is 62.4 Å². The molecule has 1 aromatic rings. The first kappa shape index (κ1) is 19.3. The van der Waals surface area contributed by atoms with Crippen LogP contribution >= 0.6 is 0 Å². The summed E-state index contributed by atoms with van der Waals surface area (Å²) in [7, 11) is -4.03. The van der Waals surface area contributed by atoms with Crippen molar-refractivity contribution in [2.75, 3.05) is 0 Å². The fourth-order valence-electron chi connectivity index (χ4n) is 3.74. The monoisotopic (exact) mass is 394 g/mol. The van der Waals surface area contributed by atoms with Crippen molar-refractivity contribution in [3.63, 3.8) is 0 Å². The summed E-state index contributed by atoms with van der Waals surface area (Å²) in [6, 6.07) is 3.26. The lowest BCUT2D eigenvalue weighted by Gasteiger charge is -2.34. The van der Waals surface area contributed by atoms with Crippen molar-refractivity contribution in [2.24, 2.45) is 0 Å². The van der Waals surface area contributed by atoms with Gasteiger partial charge in [-0.1, -0.05) is 19.3 Å². The highest BCUT2D eigenvalue weighted by Gasteiger charge is 2.44. The number of benzene rings is 1. The van der Waals surface area contributed by atoms with E-state index < -0.39 is 39.4 Å². The summed E-state index contributed by atoms with van der Waals surface area (Å²) in [5.41, 5.74) is -1.31. The lowest BCUT2D eigenvalue weighted by Crippen LogP contribution is -2.55. The number of carbonyl (C=O) groups excluding carboxylic acids is 2. The number of hydrogen-bond acceptors (Lipinski definition) is 5. The Kier molecular flexibility index (Phi) is 4.75. The van der Waals surface area contributed by atoms with Crippen LogP contribution in [0.1, 0.15) is 66.7 Å². The fraction of sp³-hybridized carbons (Fsp3) is 0.500. The van der Waals surface area contributed by atoms with Gasteiger partial charge in [0.25, 0.3) is 21.8 Å². The van der Waals surface area contributed by atoms with Crippen LogP contribution in [0.4, 0.5) is 0 Å². The van der Waals surface area contributed by atoms with E-state index in [1.165, 1.54) is 12.1 Å². The molecule has 3 rings (SSSR count). The van der Waals surface area contributed by atoms with E-state index in [2.05, 4.69) is 5.32 Å². The molecule has 27 heavy (non-hydrogen) atoms. The van der Waals surface area contributed by atoms with Gasteiger partial charge in [0, 0.05) is 11.6 Å². The van der Waals surface area contributed by atoms with E-state index in [-0.39, 0.29) is 16.0 Å². The van der Waals surface area contributed by atoms with Crippen LogP contribution in [0.3, 0.4) is 0 Å². The Balaban J connectivity index is 1.95. The third-order valence-electron chi connectivity index (χ3n) is 5.15. The first-order chi connectivity index (χ1) is 12.6. The van der Waals surface area contributed by atoms with Gasteiger partial charge in [-0.2, -0.15) is 0 Å². The van der Waals surface area contributed by atoms with Gasteiger partial charge < -0.3 is 10.4 Å². The van der Waals surface area contributed by atoms with Crippen molar-refractivity contribution in [1.82, 2.24) is 9.62 Å². The summed E-state index contributed by atoms with van der Waals surface area (Å²) in [6.07, 6.45) is 2.97. The van der Waals surface area contributed by atoms with Crippen LogP contribution in [0.25, 0.3) is 0 Å². The Morgan fingerprint density at radius 1 is 1.19 bits per heavy atom. The van der Waals surface area contributed by atoms with Crippen LogP contribution < -0.4 is 5.32 Å². The molecule has 1 aliphatic carbocycles. The summed E-state index contributed by atoms with van der Waals surface area (Å²) >= 11 is 0. The van der Waals surface area contributed by atoms with Gasteiger partial charge in [-0.15, -0.1) is 0 Å². The van der Waals surface area contributed by atoms with Gasteiger partial charge >= 0.3 is 5.97 Å². The number of amides is 2. The SMILES string of the molecule is CC(C)N1C(=O)c2ccc(C(=O)NC3(C(=O)O)CCCCC3)cc2S1(=O)=O. The number of carboxylic acid groups (broad SMARTS) is 1. The van der Waals surface area contributed by atoms with Crippen LogP contribution in [0.15, 0.2) is 23.1 Å². The zero-order chi connectivity index (χ0) is 20.0. The lowest BCUT2D eigenvalue weighted by molar-refractivity contribution is -0.145. The van der Waals surface area contributed by atoms with Gasteiger partial charge in [0.05, 0.1) is 5.56 Å². The van der Waals surface area contributed by atoms with Gasteiger partial charge in [0.15, 0.2) is 0 Å². The number of hydrogen-bond donors (Lipinski definition) is 2. The van der Waals surface area contributed by atoms with Crippen LogP contribution in [0, 0.1) is 0 Å². The molecule has 0 aromatic heterocycles. The number of carboxylic acids is 1. The minimum Gasteiger partial charge on any atom is -0.480 e. The molecular weight excluding hydrogens is 372 g/mol. The normalized spacial score (nSPS) is 20.4. The molecule has 2 N–H and O–H groups in total. The first-order valence-corrected chi connectivity index (χ1v) is 10.3. The summed E-state index contributed by atoms with van der Waals surface area (Å²) in [5, 5.41) is 12.2. The Hall–Kier alpha value is -2.42. The standard InChI is InChI=1S/C18H22N2O6S/c1-11(2)20-16(22)13-7-6-12(10-14(13)27(20,25)26)15(21)19-18(17(23)24)8-4-3-5-9-18/h6-7,10-11H,3-5,8-9H2,1-2H3,(H,19,21)(H,23,24). The second-order valence-corrected chi connectivity index (χ2v) is 9.10. The Morgan fingerprint density at radius 3 is 2.37 bits per heavy atom. The summed E-state index contributed by atoms with van der Waals surface area (Å²) in [5.74, 6) is -2.38. The molecule has 146 valence electrons. The minimum absolute atomic E-state index is 0.0157. The largest absolute Gasteiger partial charge is 0.480 e. The molecule has 0 radical (unpaired) electrons. The fourth-order valence-corrected chi connectivity index (χ4v) is 5.53. The van der Waals surface area contributed by atoms with Crippen molar-refractivity contribution >= 4 is 27.8 Å². The lowest BCUT2D eigenvalue weighted by atomic mass is 9.81. The number of rotatable bonds is 4. The van der Waals surface area contributed by atoms with Gasteiger partial charge in [-0.25, -0.2) is 17.5 Å². The smallest absolute Gasteiger partial charge is 0.329 e. The molecule has 1 aromatic carbocycles. The highest BCUT2D eigenvalue weighted by molar-refractivity contribution is 7.90. The highest BCUT2D eigenvalue weighted by atomic mass is 32.2. The molecule has 9 heteroatoms. The molecule has 2 amide bonds. The van der Waals surface area contributed by atoms with Crippen molar-refractivity contribution in [1.29, 1.82) is 0 Å². The van der Waals surface area contributed by atoms with E-state index in [9.17, 15) is 27.9 Å². The molecule has 1 aliphatic heterocycles. The number of sulfonamides is 1. The number of carbonyl (C=O) groups is 3. The van der Waals surface area contributed by atoms with E-state index in [4.69, 9.17) is 0 Å². The number of aliphatic carboxylic acids is 1. The molecule has 0 spiro atoms. The van der Waals surface area contributed by atoms with Crippen molar-refractivity contribution < 1.29 is 27.9 Å². The number of nitrogens with zero attached hydrogens (tertiary/aromatic N) is 1. The second kappa shape index (κ2) is 6.63. The van der Waals surface area contributed by atoms with E-state index in [0.29, 0.717) is 25.7 Å². The van der Waals surface area contributed by atoms with E-state index in [1.54, 1.807) is 13.8 Å². The molecule has 2 aliphatic rings. The molecule has 1 fully saturated rings.